The Morgan fingerprint density at radius 3 is 2.17 bits per heavy atom. The average molecular weight is 257 g/mol. The quantitative estimate of drug-likeness (QED) is 0.647. The maximum atomic E-state index is 3.57. The Morgan fingerprint density at radius 2 is 1.67 bits per heavy atom. The zero-order chi connectivity index (χ0) is 14.2. The third kappa shape index (κ3) is 11.0. The number of nitrogens with one attached hydrogen (secondary N) is 1. The van der Waals surface area contributed by atoms with Crippen molar-refractivity contribution in [1.29, 1.82) is 0 Å². The molecule has 0 saturated carbocycles. The van der Waals surface area contributed by atoms with E-state index in [2.05, 4.69) is 64.0 Å². The molecule has 0 bridgehead atoms. The molecule has 0 aliphatic carbocycles. The number of hydrogen-bond acceptors (Lipinski definition) is 3. The highest BCUT2D eigenvalue weighted by Crippen LogP contribution is 2.15. The standard InChI is InChI=1S/C15H35N3/c1-14(2)11-16-12-15(3,4)13-18(7)10-8-9-17(5)6/h14,16H,8-13H2,1-7H3. The molecule has 110 valence electrons. The van der Waals surface area contributed by atoms with Crippen LogP contribution in [0.15, 0.2) is 0 Å². The Morgan fingerprint density at radius 1 is 1.06 bits per heavy atom. The summed E-state index contributed by atoms with van der Waals surface area (Å²) in [6.07, 6.45) is 1.25. The summed E-state index contributed by atoms with van der Waals surface area (Å²) < 4.78 is 0. The van der Waals surface area contributed by atoms with Gasteiger partial charge < -0.3 is 15.1 Å². The molecule has 0 saturated heterocycles. The molecule has 0 unspecified atom stereocenters. The topological polar surface area (TPSA) is 18.5 Å². The zero-order valence-corrected chi connectivity index (χ0v) is 13.7. The van der Waals surface area contributed by atoms with Gasteiger partial charge in [-0.2, -0.15) is 0 Å². The minimum absolute atomic E-state index is 0.349. The minimum atomic E-state index is 0.349. The number of hydrogen-bond donors (Lipinski definition) is 1. The van der Waals surface area contributed by atoms with Crippen LogP contribution in [0.3, 0.4) is 0 Å². The van der Waals surface area contributed by atoms with E-state index in [-0.39, 0.29) is 0 Å². The molecule has 0 aromatic carbocycles. The molecule has 3 heteroatoms. The van der Waals surface area contributed by atoms with Crippen LogP contribution in [0, 0.1) is 11.3 Å². The van der Waals surface area contributed by atoms with Gasteiger partial charge in [0.25, 0.3) is 0 Å². The molecule has 0 atom stereocenters. The fourth-order valence-corrected chi connectivity index (χ4v) is 2.22. The van der Waals surface area contributed by atoms with Gasteiger partial charge in [0, 0.05) is 13.1 Å². The van der Waals surface area contributed by atoms with Crippen LogP contribution in [0.1, 0.15) is 34.1 Å². The Bertz CT molecular complexity index is 200. The normalized spacial score (nSPS) is 13.0. The smallest absolute Gasteiger partial charge is 0.00418 e. The van der Waals surface area contributed by atoms with Gasteiger partial charge in [0.1, 0.15) is 0 Å². The van der Waals surface area contributed by atoms with E-state index in [1.807, 2.05) is 0 Å². The predicted molar refractivity (Wildman–Crippen MR) is 82.2 cm³/mol. The molecule has 0 heterocycles. The summed E-state index contributed by atoms with van der Waals surface area (Å²) in [5.41, 5.74) is 0.349. The van der Waals surface area contributed by atoms with Crippen LogP contribution in [0.4, 0.5) is 0 Å². The highest BCUT2D eigenvalue weighted by atomic mass is 15.1. The first kappa shape index (κ1) is 17.9. The van der Waals surface area contributed by atoms with Crippen molar-refractivity contribution in [3.63, 3.8) is 0 Å². The number of nitrogens with zero attached hydrogens (tertiary/aromatic N) is 2. The lowest BCUT2D eigenvalue weighted by Gasteiger charge is -2.31. The lowest BCUT2D eigenvalue weighted by molar-refractivity contribution is 0.196. The molecule has 0 aliphatic rings. The Balaban J connectivity index is 3.77. The Kier molecular flexibility index (Phi) is 8.83. The van der Waals surface area contributed by atoms with Crippen LogP contribution in [0.2, 0.25) is 0 Å². The molecule has 0 rings (SSSR count). The van der Waals surface area contributed by atoms with Crippen molar-refractivity contribution in [1.82, 2.24) is 15.1 Å². The van der Waals surface area contributed by atoms with E-state index >= 15 is 0 Å². The largest absolute Gasteiger partial charge is 0.316 e. The summed E-state index contributed by atoms with van der Waals surface area (Å²) in [6, 6.07) is 0. The summed E-state index contributed by atoms with van der Waals surface area (Å²) in [5, 5.41) is 3.57. The van der Waals surface area contributed by atoms with Crippen LogP contribution >= 0.6 is 0 Å². The summed E-state index contributed by atoms with van der Waals surface area (Å²) in [6.45, 7) is 15.0. The van der Waals surface area contributed by atoms with E-state index in [0.29, 0.717) is 5.41 Å². The lowest BCUT2D eigenvalue weighted by atomic mass is 9.92. The van der Waals surface area contributed by atoms with Gasteiger partial charge in [-0.25, -0.2) is 0 Å². The molecule has 3 nitrogen and oxygen atoms in total. The van der Waals surface area contributed by atoms with Gasteiger partial charge in [-0.3, -0.25) is 0 Å². The maximum Gasteiger partial charge on any atom is 0.00418 e. The van der Waals surface area contributed by atoms with Gasteiger partial charge >= 0.3 is 0 Å². The van der Waals surface area contributed by atoms with Gasteiger partial charge in [0.15, 0.2) is 0 Å². The van der Waals surface area contributed by atoms with Crippen molar-refractivity contribution >= 4 is 0 Å². The van der Waals surface area contributed by atoms with Crippen LogP contribution in [0.25, 0.3) is 0 Å². The van der Waals surface area contributed by atoms with E-state index in [9.17, 15) is 0 Å². The van der Waals surface area contributed by atoms with Crippen molar-refractivity contribution in [2.75, 3.05) is 53.9 Å². The zero-order valence-electron chi connectivity index (χ0n) is 13.7. The van der Waals surface area contributed by atoms with Crippen molar-refractivity contribution in [2.45, 2.75) is 34.1 Å². The van der Waals surface area contributed by atoms with Crippen molar-refractivity contribution in [2.24, 2.45) is 11.3 Å². The molecule has 0 aromatic heterocycles. The SMILES string of the molecule is CC(C)CNCC(C)(C)CN(C)CCCN(C)C. The third-order valence-electron chi connectivity index (χ3n) is 3.00. The predicted octanol–water partition coefficient (Wildman–Crippen LogP) is 2.14. The van der Waals surface area contributed by atoms with E-state index in [1.54, 1.807) is 0 Å². The molecule has 0 aromatic rings. The summed E-state index contributed by atoms with van der Waals surface area (Å²) in [7, 11) is 6.51. The van der Waals surface area contributed by atoms with Crippen LogP contribution in [-0.4, -0.2) is 63.7 Å². The fourth-order valence-electron chi connectivity index (χ4n) is 2.22. The summed E-state index contributed by atoms with van der Waals surface area (Å²) in [4.78, 5) is 4.71. The van der Waals surface area contributed by atoms with E-state index in [0.717, 1.165) is 25.6 Å². The Labute approximate surface area is 115 Å². The highest BCUT2D eigenvalue weighted by molar-refractivity contribution is 4.75. The third-order valence-corrected chi connectivity index (χ3v) is 3.00. The molecule has 0 fully saturated rings. The Hall–Kier alpha value is -0.120. The average Bonchev–Trinajstić information content (AvgIpc) is 2.14. The van der Waals surface area contributed by atoms with Crippen molar-refractivity contribution < 1.29 is 0 Å². The number of rotatable bonds is 10. The second-order valence-corrected chi connectivity index (χ2v) is 7.08. The van der Waals surface area contributed by atoms with E-state index in [1.165, 1.54) is 19.5 Å². The summed E-state index contributed by atoms with van der Waals surface area (Å²) >= 11 is 0. The van der Waals surface area contributed by atoms with Crippen molar-refractivity contribution in [3.05, 3.63) is 0 Å². The monoisotopic (exact) mass is 257 g/mol. The molecule has 1 N–H and O–H groups in total. The lowest BCUT2D eigenvalue weighted by Crippen LogP contribution is -2.40. The van der Waals surface area contributed by atoms with Gasteiger partial charge in [0.05, 0.1) is 0 Å². The minimum Gasteiger partial charge on any atom is -0.316 e. The van der Waals surface area contributed by atoms with E-state index in [4.69, 9.17) is 0 Å². The molecule has 0 amide bonds. The van der Waals surface area contributed by atoms with Gasteiger partial charge in [-0.1, -0.05) is 27.7 Å². The summed E-state index contributed by atoms with van der Waals surface area (Å²) in [5.74, 6) is 0.735. The fraction of sp³-hybridized carbons (Fsp3) is 1.00. The van der Waals surface area contributed by atoms with Gasteiger partial charge in [0.2, 0.25) is 0 Å². The second kappa shape index (κ2) is 8.89. The maximum absolute atomic E-state index is 3.57. The van der Waals surface area contributed by atoms with Gasteiger partial charge in [-0.15, -0.1) is 0 Å². The van der Waals surface area contributed by atoms with Crippen molar-refractivity contribution in [3.8, 4) is 0 Å². The molecule has 0 aliphatic heterocycles. The first-order chi connectivity index (χ1) is 8.23. The molecule has 0 spiro atoms. The second-order valence-electron chi connectivity index (χ2n) is 7.08. The van der Waals surface area contributed by atoms with E-state index < -0.39 is 0 Å². The van der Waals surface area contributed by atoms with Gasteiger partial charge in [-0.05, 0) is 58.5 Å². The van der Waals surface area contributed by atoms with Crippen LogP contribution < -0.4 is 5.32 Å². The molecular formula is C15H35N3. The van der Waals surface area contributed by atoms with Crippen LogP contribution in [-0.2, 0) is 0 Å². The first-order valence-corrected chi connectivity index (χ1v) is 7.27. The molecule has 18 heavy (non-hydrogen) atoms. The molecule has 0 radical (unpaired) electrons. The molecular weight excluding hydrogens is 222 g/mol. The first-order valence-electron chi connectivity index (χ1n) is 7.27. The van der Waals surface area contributed by atoms with Crippen LogP contribution in [0.5, 0.6) is 0 Å². The highest BCUT2D eigenvalue weighted by Gasteiger charge is 2.19.